The second-order valence-electron chi connectivity index (χ2n) is 4.27. The smallest absolute Gasteiger partial charge is 0.175 e. The number of sulfone groups is 1. The Morgan fingerprint density at radius 1 is 1.28 bits per heavy atom. The molecule has 102 valence electrons. The van der Waals surface area contributed by atoms with Gasteiger partial charge >= 0.3 is 0 Å². The Bertz CT molecular complexity index is 509. The topological polar surface area (TPSA) is 63.2 Å². The summed E-state index contributed by atoms with van der Waals surface area (Å²) in [5.41, 5.74) is 0. The van der Waals surface area contributed by atoms with Gasteiger partial charge in [0.2, 0.25) is 0 Å². The van der Waals surface area contributed by atoms with Crippen LogP contribution in [0.1, 0.15) is 13.3 Å². The Hall–Kier alpha value is -0.720. The van der Waals surface area contributed by atoms with Crippen LogP contribution in [-0.2, 0) is 20.6 Å². The second kappa shape index (κ2) is 6.45. The second-order valence-corrected chi connectivity index (χ2v) is 7.86. The number of hydrogen-bond donors (Lipinski definition) is 1. The number of benzene rings is 1. The van der Waals surface area contributed by atoms with Crippen LogP contribution in [0.2, 0.25) is 0 Å². The molecule has 2 unspecified atom stereocenters. The van der Waals surface area contributed by atoms with Gasteiger partial charge in [-0.2, -0.15) is 0 Å². The Morgan fingerprint density at radius 2 is 1.83 bits per heavy atom. The van der Waals surface area contributed by atoms with Gasteiger partial charge in [-0.1, -0.05) is 0 Å². The van der Waals surface area contributed by atoms with Crippen molar-refractivity contribution in [1.29, 1.82) is 0 Å². The molecule has 1 N–H and O–H groups in total. The highest BCUT2D eigenvalue weighted by atomic mass is 32.2. The first-order valence-corrected chi connectivity index (χ1v) is 8.91. The van der Waals surface area contributed by atoms with Crippen LogP contribution in [0.5, 0.6) is 0 Å². The summed E-state index contributed by atoms with van der Waals surface area (Å²) in [6.07, 6.45) is 1.98. The van der Waals surface area contributed by atoms with Crippen LogP contribution in [0.4, 0.5) is 0 Å². The molecule has 0 fully saturated rings. The van der Waals surface area contributed by atoms with E-state index < -0.39 is 20.6 Å². The molecule has 0 amide bonds. The molecule has 0 aliphatic heterocycles. The van der Waals surface area contributed by atoms with Crippen molar-refractivity contribution in [2.45, 2.75) is 29.2 Å². The van der Waals surface area contributed by atoms with Gasteiger partial charge in [0, 0.05) is 22.9 Å². The van der Waals surface area contributed by atoms with Crippen LogP contribution >= 0.6 is 0 Å². The Balaban J connectivity index is 2.71. The molecule has 6 heteroatoms. The quantitative estimate of drug-likeness (QED) is 0.854. The van der Waals surface area contributed by atoms with Gasteiger partial charge in [-0.25, -0.2) is 8.42 Å². The fourth-order valence-electron chi connectivity index (χ4n) is 1.38. The van der Waals surface area contributed by atoms with E-state index in [0.717, 1.165) is 12.7 Å². The molecule has 18 heavy (non-hydrogen) atoms. The molecular weight excluding hydrogens is 270 g/mol. The predicted molar refractivity (Wildman–Crippen MR) is 74.0 cm³/mol. The van der Waals surface area contributed by atoms with E-state index in [9.17, 15) is 12.6 Å². The van der Waals surface area contributed by atoms with Crippen molar-refractivity contribution in [3.8, 4) is 0 Å². The maximum Gasteiger partial charge on any atom is 0.175 e. The molecule has 1 rings (SSSR count). The van der Waals surface area contributed by atoms with Crippen molar-refractivity contribution < 1.29 is 12.6 Å². The highest BCUT2D eigenvalue weighted by molar-refractivity contribution is 7.90. The molecular formula is C12H19NO3S2. The van der Waals surface area contributed by atoms with Gasteiger partial charge in [-0.05, 0) is 44.7 Å². The van der Waals surface area contributed by atoms with Gasteiger partial charge in [-0.15, -0.1) is 0 Å². The van der Waals surface area contributed by atoms with E-state index in [1.807, 2.05) is 14.0 Å². The van der Waals surface area contributed by atoms with Crippen molar-refractivity contribution in [3.63, 3.8) is 0 Å². The molecule has 0 bridgehead atoms. The minimum absolute atomic E-state index is 0.256. The highest BCUT2D eigenvalue weighted by Gasteiger charge is 2.09. The first kappa shape index (κ1) is 15.3. The van der Waals surface area contributed by atoms with Crippen molar-refractivity contribution in [2.75, 3.05) is 19.1 Å². The maximum absolute atomic E-state index is 12.0. The third-order valence-electron chi connectivity index (χ3n) is 2.74. The summed E-state index contributed by atoms with van der Waals surface area (Å²) in [5, 5.41) is 3.09. The predicted octanol–water partition coefficient (Wildman–Crippen LogP) is 1.20. The van der Waals surface area contributed by atoms with E-state index in [1.165, 1.54) is 12.1 Å². The zero-order valence-electron chi connectivity index (χ0n) is 10.8. The van der Waals surface area contributed by atoms with Crippen molar-refractivity contribution in [2.24, 2.45) is 0 Å². The molecule has 0 heterocycles. The summed E-state index contributed by atoms with van der Waals surface area (Å²) < 4.78 is 34.5. The van der Waals surface area contributed by atoms with Gasteiger partial charge in [0.1, 0.15) is 0 Å². The average Bonchev–Trinajstić information content (AvgIpc) is 2.34. The maximum atomic E-state index is 12.0. The van der Waals surface area contributed by atoms with Gasteiger partial charge in [0.25, 0.3) is 0 Å². The SMILES string of the molecule is CNC(C)CCS(=O)c1ccc(S(C)(=O)=O)cc1. The van der Waals surface area contributed by atoms with Gasteiger partial charge in [0.05, 0.1) is 15.7 Å². The minimum Gasteiger partial charge on any atom is -0.317 e. The standard InChI is InChI=1S/C12H19NO3S2/c1-10(13-2)8-9-17(14)11-4-6-12(7-5-11)18(3,15)16/h4-7,10,13H,8-9H2,1-3H3. The van der Waals surface area contributed by atoms with Gasteiger partial charge in [0.15, 0.2) is 9.84 Å². The molecule has 0 aliphatic rings. The Kier molecular flexibility index (Phi) is 5.49. The van der Waals surface area contributed by atoms with Crippen LogP contribution in [0.15, 0.2) is 34.1 Å². The molecule has 0 aliphatic carbocycles. The molecule has 0 spiro atoms. The van der Waals surface area contributed by atoms with Crippen molar-refractivity contribution in [3.05, 3.63) is 24.3 Å². The highest BCUT2D eigenvalue weighted by Crippen LogP contribution is 2.14. The zero-order valence-corrected chi connectivity index (χ0v) is 12.5. The van der Waals surface area contributed by atoms with Gasteiger partial charge in [-0.3, -0.25) is 4.21 Å². The van der Waals surface area contributed by atoms with E-state index in [4.69, 9.17) is 0 Å². The molecule has 0 saturated carbocycles. The fourth-order valence-corrected chi connectivity index (χ4v) is 3.26. The first-order chi connectivity index (χ1) is 8.34. The summed E-state index contributed by atoms with van der Waals surface area (Å²) in [5.74, 6) is 0.570. The number of rotatable bonds is 6. The van der Waals surface area contributed by atoms with Crippen molar-refractivity contribution >= 4 is 20.6 Å². The number of nitrogens with one attached hydrogen (secondary N) is 1. The average molecular weight is 289 g/mol. The molecule has 0 radical (unpaired) electrons. The molecule has 1 aromatic carbocycles. The summed E-state index contributed by atoms with van der Waals surface area (Å²) in [4.78, 5) is 0.928. The summed E-state index contributed by atoms with van der Waals surface area (Å²) in [6, 6.07) is 6.57. The normalized spacial score (nSPS) is 15.3. The van der Waals surface area contributed by atoms with Crippen LogP contribution in [0, 0.1) is 0 Å². The Morgan fingerprint density at radius 3 is 2.28 bits per heavy atom. The van der Waals surface area contributed by atoms with Crippen molar-refractivity contribution in [1.82, 2.24) is 5.32 Å². The van der Waals surface area contributed by atoms with E-state index >= 15 is 0 Å². The van der Waals surface area contributed by atoms with Crippen LogP contribution in [-0.4, -0.2) is 37.7 Å². The monoisotopic (exact) mass is 289 g/mol. The lowest BCUT2D eigenvalue weighted by Gasteiger charge is -2.09. The fraction of sp³-hybridized carbons (Fsp3) is 0.500. The minimum atomic E-state index is -3.18. The molecule has 4 nitrogen and oxygen atoms in total. The van der Waals surface area contributed by atoms with E-state index in [0.29, 0.717) is 16.7 Å². The lowest BCUT2D eigenvalue weighted by atomic mass is 10.3. The third kappa shape index (κ3) is 4.51. The van der Waals surface area contributed by atoms with E-state index in [-0.39, 0.29) is 4.90 Å². The van der Waals surface area contributed by atoms with Crippen LogP contribution in [0.3, 0.4) is 0 Å². The summed E-state index contributed by atoms with van der Waals surface area (Å²) in [7, 11) is -2.39. The van der Waals surface area contributed by atoms with E-state index in [2.05, 4.69) is 5.32 Å². The van der Waals surface area contributed by atoms with Gasteiger partial charge < -0.3 is 5.32 Å². The lowest BCUT2D eigenvalue weighted by Crippen LogP contribution is -2.23. The van der Waals surface area contributed by atoms with Crippen LogP contribution in [0.25, 0.3) is 0 Å². The molecule has 2 atom stereocenters. The summed E-state index contributed by atoms with van der Waals surface area (Å²) in [6.45, 7) is 2.03. The number of hydrogen-bond acceptors (Lipinski definition) is 4. The largest absolute Gasteiger partial charge is 0.317 e. The third-order valence-corrected chi connectivity index (χ3v) is 5.28. The molecule has 1 aromatic rings. The Labute approximate surface area is 111 Å². The molecule has 0 saturated heterocycles. The van der Waals surface area contributed by atoms with E-state index in [1.54, 1.807) is 12.1 Å². The zero-order chi connectivity index (χ0) is 13.8. The molecule has 0 aromatic heterocycles. The van der Waals surface area contributed by atoms with Crippen LogP contribution < -0.4 is 5.32 Å². The lowest BCUT2D eigenvalue weighted by molar-refractivity contribution is 0.591. The summed E-state index contributed by atoms with van der Waals surface area (Å²) >= 11 is 0. The first-order valence-electron chi connectivity index (χ1n) is 5.70.